The first-order valence-corrected chi connectivity index (χ1v) is 2.55. The molecule has 1 rings (SSSR count). The fourth-order valence-electron chi connectivity index (χ4n) is 0.601. The minimum atomic E-state index is -0.222. The third-order valence-corrected chi connectivity index (χ3v) is 1.03. The van der Waals surface area contributed by atoms with Crippen molar-refractivity contribution in [2.75, 3.05) is 6.61 Å². The van der Waals surface area contributed by atoms with Crippen LogP contribution < -0.4 is 5.90 Å². The van der Waals surface area contributed by atoms with Crippen molar-refractivity contribution < 1.29 is 9.57 Å². The van der Waals surface area contributed by atoms with Crippen LogP contribution in [0.25, 0.3) is 0 Å². The molecule has 3 nitrogen and oxygen atoms in total. The van der Waals surface area contributed by atoms with Gasteiger partial charge in [-0.3, -0.25) is 4.84 Å². The van der Waals surface area contributed by atoms with E-state index in [1.165, 1.54) is 0 Å². The Balaban J connectivity index is 2.27. The molecule has 2 N–H and O–H groups in total. The van der Waals surface area contributed by atoms with Crippen LogP contribution in [0.3, 0.4) is 0 Å². The lowest BCUT2D eigenvalue weighted by atomic mass is 10.3. The van der Waals surface area contributed by atoms with Crippen LogP contribution in [0.1, 0.15) is 6.42 Å². The third kappa shape index (κ3) is 1.30. The second-order valence-corrected chi connectivity index (χ2v) is 1.61. The molecule has 46 valence electrons. The van der Waals surface area contributed by atoms with E-state index in [9.17, 15) is 0 Å². The van der Waals surface area contributed by atoms with Crippen molar-refractivity contribution in [3.63, 3.8) is 0 Å². The zero-order valence-corrected chi connectivity index (χ0v) is 4.54. The van der Waals surface area contributed by atoms with E-state index in [2.05, 4.69) is 4.84 Å². The summed E-state index contributed by atoms with van der Waals surface area (Å²) in [5.74, 6) is 4.84. The maximum atomic E-state index is 4.99. The number of nitrogens with two attached hydrogens (primary N) is 1. The van der Waals surface area contributed by atoms with Gasteiger partial charge in [0, 0.05) is 6.42 Å². The van der Waals surface area contributed by atoms with Gasteiger partial charge in [0.15, 0.2) is 6.29 Å². The van der Waals surface area contributed by atoms with E-state index >= 15 is 0 Å². The van der Waals surface area contributed by atoms with Gasteiger partial charge >= 0.3 is 0 Å². The van der Waals surface area contributed by atoms with Crippen LogP contribution in [0.4, 0.5) is 0 Å². The minimum Gasteiger partial charge on any atom is -0.346 e. The first-order chi connectivity index (χ1) is 3.93. The van der Waals surface area contributed by atoms with Crippen molar-refractivity contribution in [1.82, 2.24) is 0 Å². The molecule has 8 heavy (non-hydrogen) atoms. The molecule has 0 amide bonds. The summed E-state index contributed by atoms with van der Waals surface area (Å²) in [7, 11) is 0. The summed E-state index contributed by atoms with van der Waals surface area (Å²) < 4.78 is 4.99. The summed E-state index contributed by atoms with van der Waals surface area (Å²) in [6, 6.07) is 0. The SMILES string of the molecule is NOC1CC=CCO1. The average Bonchev–Trinajstić information content (AvgIpc) is 1.90. The van der Waals surface area contributed by atoms with Gasteiger partial charge in [0.05, 0.1) is 6.61 Å². The zero-order valence-electron chi connectivity index (χ0n) is 4.54. The molecular formula is C5H9NO2. The van der Waals surface area contributed by atoms with Gasteiger partial charge in [0.1, 0.15) is 0 Å². The number of hydrogen-bond acceptors (Lipinski definition) is 3. The Morgan fingerprint density at radius 2 is 2.50 bits per heavy atom. The van der Waals surface area contributed by atoms with Gasteiger partial charge in [0.25, 0.3) is 0 Å². The van der Waals surface area contributed by atoms with Crippen molar-refractivity contribution in [3.8, 4) is 0 Å². The summed E-state index contributed by atoms with van der Waals surface area (Å²) in [5.41, 5.74) is 0. The second-order valence-electron chi connectivity index (χ2n) is 1.61. The Labute approximate surface area is 48.0 Å². The summed E-state index contributed by atoms with van der Waals surface area (Å²) in [6.45, 7) is 0.613. The first-order valence-electron chi connectivity index (χ1n) is 2.55. The molecule has 1 unspecified atom stereocenters. The van der Waals surface area contributed by atoms with E-state index in [4.69, 9.17) is 10.6 Å². The maximum absolute atomic E-state index is 4.99. The predicted octanol–water partition coefficient (Wildman–Crippen LogP) is 0.179. The minimum absolute atomic E-state index is 0.222. The molecule has 0 aliphatic carbocycles. The van der Waals surface area contributed by atoms with Crippen LogP contribution in [-0.4, -0.2) is 12.9 Å². The van der Waals surface area contributed by atoms with Crippen LogP contribution in [0.5, 0.6) is 0 Å². The molecule has 0 fully saturated rings. The van der Waals surface area contributed by atoms with Crippen LogP contribution in [-0.2, 0) is 9.57 Å². The lowest BCUT2D eigenvalue weighted by Crippen LogP contribution is -2.22. The Morgan fingerprint density at radius 3 is 2.88 bits per heavy atom. The van der Waals surface area contributed by atoms with E-state index in [0.717, 1.165) is 6.42 Å². The largest absolute Gasteiger partial charge is 0.346 e. The molecule has 0 aromatic rings. The Kier molecular flexibility index (Phi) is 2.02. The lowest BCUT2D eigenvalue weighted by Gasteiger charge is -2.14. The molecule has 1 heterocycles. The monoisotopic (exact) mass is 115 g/mol. The Morgan fingerprint density at radius 1 is 1.62 bits per heavy atom. The third-order valence-electron chi connectivity index (χ3n) is 1.03. The summed E-state index contributed by atoms with van der Waals surface area (Å²) in [5, 5.41) is 0. The summed E-state index contributed by atoms with van der Waals surface area (Å²) in [6.07, 6.45) is 4.47. The lowest BCUT2D eigenvalue weighted by molar-refractivity contribution is -0.139. The topological polar surface area (TPSA) is 44.5 Å². The van der Waals surface area contributed by atoms with Gasteiger partial charge < -0.3 is 4.74 Å². The highest BCUT2D eigenvalue weighted by molar-refractivity contribution is 4.86. The van der Waals surface area contributed by atoms with Crippen molar-refractivity contribution >= 4 is 0 Å². The Hall–Kier alpha value is -0.380. The number of rotatable bonds is 1. The zero-order chi connectivity index (χ0) is 5.82. The highest BCUT2D eigenvalue weighted by atomic mass is 16.7. The molecule has 0 aromatic heterocycles. The molecule has 3 heteroatoms. The van der Waals surface area contributed by atoms with E-state index < -0.39 is 0 Å². The summed E-state index contributed by atoms with van der Waals surface area (Å²) in [4.78, 5) is 4.42. The van der Waals surface area contributed by atoms with Crippen molar-refractivity contribution in [1.29, 1.82) is 0 Å². The van der Waals surface area contributed by atoms with Gasteiger partial charge in [-0.1, -0.05) is 12.2 Å². The molecule has 0 spiro atoms. The molecule has 0 aromatic carbocycles. The molecule has 0 bridgehead atoms. The van der Waals surface area contributed by atoms with Gasteiger partial charge in [-0.15, -0.1) is 0 Å². The van der Waals surface area contributed by atoms with Crippen molar-refractivity contribution in [2.45, 2.75) is 12.7 Å². The maximum Gasteiger partial charge on any atom is 0.180 e. The molecule has 0 saturated carbocycles. The van der Waals surface area contributed by atoms with E-state index in [0.29, 0.717) is 6.61 Å². The van der Waals surface area contributed by atoms with Crippen molar-refractivity contribution in [3.05, 3.63) is 12.2 Å². The van der Waals surface area contributed by atoms with Gasteiger partial charge in [-0.05, 0) is 0 Å². The van der Waals surface area contributed by atoms with Crippen molar-refractivity contribution in [2.24, 2.45) is 5.90 Å². The van der Waals surface area contributed by atoms with E-state index in [1.54, 1.807) is 0 Å². The quantitative estimate of drug-likeness (QED) is 0.391. The fraction of sp³-hybridized carbons (Fsp3) is 0.600. The van der Waals surface area contributed by atoms with Crippen LogP contribution in [0.2, 0.25) is 0 Å². The standard InChI is InChI=1S/C5H9NO2/c6-8-5-3-1-2-4-7-5/h1-2,5H,3-4,6H2. The Bertz CT molecular complexity index is 92.4. The molecule has 0 radical (unpaired) electrons. The molecule has 1 aliphatic heterocycles. The smallest absolute Gasteiger partial charge is 0.180 e. The molecular weight excluding hydrogens is 106 g/mol. The predicted molar refractivity (Wildman–Crippen MR) is 28.8 cm³/mol. The van der Waals surface area contributed by atoms with Gasteiger partial charge in [-0.25, -0.2) is 5.90 Å². The number of ether oxygens (including phenoxy) is 1. The summed E-state index contributed by atoms with van der Waals surface area (Å²) >= 11 is 0. The number of hydrogen-bond donors (Lipinski definition) is 1. The van der Waals surface area contributed by atoms with Crippen LogP contribution in [0.15, 0.2) is 12.2 Å². The van der Waals surface area contributed by atoms with Gasteiger partial charge in [-0.2, -0.15) is 0 Å². The fourth-order valence-corrected chi connectivity index (χ4v) is 0.601. The first kappa shape index (κ1) is 5.75. The van der Waals surface area contributed by atoms with E-state index in [-0.39, 0.29) is 6.29 Å². The van der Waals surface area contributed by atoms with Gasteiger partial charge in [0.2, 0.25) is 0 Å². The highest BCUT2D eigenvalue weighted by Crippen LogP contribution is 2.03. The molecule has 0 saturated heterocycles. The second kappa shape index (κ2) is 2.81. The van der Waals surface area contributed by atoms with E-state index in [1.807, 2.05) is 12.2 Å². The normalized spacial score (nSPS) is 28.4. The highest BCUT2D eigenvalue weighted by Gasteiger charge is 2.06. The van der Waals surface area contributed by atoms with Crippen LogP contribution in [0, 0.1) is 0 Å². The molecule has 1 atom stereocenters. The molecule has 1 aliphatic rings. The van der Waals surface area contributed by atoms with Crippen LogP contribution >= 0.6 is 0 Å². The average molecular weight is 115 g/mol.